The van der Waals surface area contributed by atoms with Crippen LogP contribution in [0.25, 0.3) is 11.0 Å². The largest absolute Gasteiger partial charge is 0.388 e. The Labute approximate surface area is 162 Å². The summed E-state index contributed by atoms with van der Waals surface area (Å²) in [6.45, 7) is -0.246. The zero-order chi connectivity index (χ0) is 20.5. The number of alkyl halides is 1. The predicted molar refractivity (Wildman–Crippen MR) is 96.8 cm³/mol. The number of aliphatic hydroxyl groups excluding tert-OH is 1. The lowest BCUT2D eigenvalue weighted by Crippen LogP contribution is -2.33. The normalized spacial score (nSPS) is 21.4. The number of nitrogens with one attached hydrogen (secondary N) is 3. The van der Waals surface area contributed by atoms with Crippen LogP contribution in [-0.2, 0) is 6.54 Å². The summed E-state index contributed by atoms with van der Waals surface area (Å²) in [7, 11) is 0. The van der Waals surface area contributed by atoms with Gasteiger partial charge < -0.3 is 15.7 Å². The third kappa shape index (κ3) is 3.73. The lowest BCUT2D eigenvalue weighted by atomic mass is 10.2. The Morgan fingerprint density at radius 2 is 2.10 bits per heavy atom. The number of H-pyrrole nitrogens is 1. The van der Waals surface area contributed by atoms with Crippen LogP contribution in [0.4, 0.5) is 19.0 Å². The highest BCUT2D eigenvalue weighted by Gasteiger charge is 2.35. The van der Waals surface area contributed by atoms with E-state index in [1.165, 1.54) is 6.33 Å². The molecule has 2 heterocycles. The van der Waals surface area contributed by atoms with Gasteiger partial charge in [0.15, 0.2) is 5.65 Å². The highest BCUT2D eigenvalue weighted by Crippen LogP contribution is 2.28. The van der Waals surface area contributed by atoms with Gasteiger partial charge in [0.05, 0.1) is 11.4 Å². The monoisotopic (exact) mass is 406 g/mol. The molecule has 1 aliphatic rings. The van der Waals surface area contributed by atoms with E-state index in [-0.39, 0.29) is 41.1 Å². The summed E-state index contributed by atoms with van der Waals surface area (Å²) in [5, 5.41) is 22.1. The number of hydrogen-bond acceptors (Lipinski definition) is 6. The molecule has 2 aromatic heterocycles. The van der Waals surface area contributed by atoms with Gasteiger partial charge in [-0.25, -0.2) is 23.1 Å². The van der Waals surface area contributed by atoms with Crippen LogP contribution in [0.2, 0.25) is 0 Å². The average molecular weight is 406 g/mol. The third-order valence-corrected chi connectivity index (χ3v) is 4.88. The summed E-state index contributed by atoms with van der Waals surface area (Å²) in [5.41, 5.74) is 0.179. The van der Waals surface area contributed by atoms with Gasteiger partial charge in [0.2, 0.25) is 0 Å². The van der Waals surface area contributed by atoms with E-state index in [0.717, 1.165) is 18.2 Å². The molecule has 29 heavy (non-hydrogen) atoms. The minimum Gasteiger partial charge on any atom is -0.388 e. The van der Waals surface area contributed by atoms with Crippen molar-refractivity contribution in [3.8, 4) is 0 Å². The van der Waals surface area contributed by atoms with Crippen molar-refractivity contribution in [2.75, 3.05) is 5.32 Å². The van der Waals surface area contributed by atoms with E-state index in [2.05, 4.69) is 30.8 Å². The van der Waals surface area contributed by atoms with Gasteiger partial charge in [0, 0.05) is 12.1 Å². The van der Waals surface area contributed by atoms with Crippen molar-refractivity contribution in [3.05, 3.63) is 47.4 Å². The van der Waals surface area contributed by atoms with Crippen molar-refractivity contribution in [3.63, 3.8) is 0 Å². The first kappa shape index (κ1) is 19.1. The van der Waals surface area contributed by atoms with Crippen LogP contribution in [0, 0.1) is 11.6 Å². The van der Waals surface area contributed by atoms with Gasteiger partial charge in [-0.2, -0.15) is 5.10 Å². The molecule has 0 bridgehead atoms. The summed E-state index contributed by atoms with van der Waals surface area (Å²) in [5.74, 6) is -1.69. The van der Waals surface area contributed by atoms with Crippen molar-refractivity contribution in [1.29, 1.82) is 0 Å². The molecule has 0 saturated heterocycles. The third-order valence-electron chi connectivity index (χ3n) is 4.88. The number of aliphatic hydroxyl groups is 1. The molecule has 1 amide bonds. The van der Waals surface area contributed by atoms with Crippen LogP contribution in [0.5, 0.6) is 0 Å². The highest BCUT2D eigenvalue weighted by atomic mass is 19.1. The van der Waals surface area contributed by atoms with E-state index in [1.54, 1.807) is 0 Å². The van der Waals surface area contributed by atoms with Crippen molar-refractivity contribution >= 4 is 22.8 Å². The fourth-order valence-electron chi connectivity index (χ4n) is 3.34. The van der Waals surface area contributed by atoms with Gasteiger partial charge >= 0.3 is 0 Å². The van der Waals surface area contributed by atoms with Gasteiger partial charge in [-0.05, 0) is 31.0 Å². The minimum absolute atomic E-state index is 0.00389. The lowest BCUT2D eigenvalue weighted by Gasteiger charge is -2.18. The van der Waals surface area contributed by atoms with Crippen LogP contribution >= 0.6 is 0 Å². The van der Waals surface area contributed by atoms with Gasteiger partial charge in [0.25, 0.3) is 5.91 Å². The number of amides is 1. The Morgan fingerprint density at radius 1 is 1.28 bits per heavy atom. The topological polar surface area (TPSA) is 116 Å². The molecule has 0 aliphatic heterocycles. The molecular formula is C18H17F3N6O2. The molecule has 0 unspecified atom stereocenters. The number of rotatable bonds is 5. The van der Waals surface area contributed by atoms with E-state index in [0.29, 0.717) is 6.42 Å². The molecular weight excluding hydrogens is 389 g/mol. The standard InChI is InChI=1S/C18H17F3N6O2/c19-9-1-2-10(20)8(5-9)6-22-18(29)14-13-16(23-7-24-17(13)27-26-14)25-12-4-3-11(21)15(12)28/h1-2,5,7,11-12,15,28H,3-4,6H2,(H,22,29)(H2,23,24,25,26,27)/t11-,12-,15-/m1/s1. The van der Waals surface area contributed by atoms with Gasteiger partial charge in [-0.1, -0.05) is 0 Å². The van der Waals surface area contributed by atoms with E-state index >= 15 is 0 Å². The number of carbonyl (C=O) groups is 1. The Hall–Kier alpha value is -3.21. The molecule has 1 aliphatic carbocycles. The lowest BCUT2D eigenvalue weighted by molar-refractivity contribution is 0.0947. The molecule has 3 aromatic rings. The average Bonchev–Trinajstić information content (AvgIpc) is 3.28. The Kier molecular flexibility index (Phi) is 5.05. The van der Waals surface area contributed by atoms with Crippen LogP contribution < -0.4 is 10.6 Å². The Morgan fingerprint density at radius 3 is 2.86 bits per heavy atom. The van der Waals surface area contributed by atoms with E-state index < -0.39 is 35.9 Å². The Bertz CT molecular complexity index is 1060. The number of fused-ring (bicyclic) bond motifs is 1. The zero-order valence-corrected chi connectivity index (χ0v) is 15.0. The van der Waals surface area contributed by atoms with Crippen LogP contribution in [-0.4, -0.2) is 49.5 Å². The maximum absolute atomic E-state index is 13.8. The number of halogens is 3. The molecule has 1 fully saturated rings. The molecule has 0 radical (unpaired) electrons. The maximum atomic E-state index is 13.8. The molecule has 3 atom stereocenters. The predicted octanol–water partition coefficient (Wildman–Crippen LogP) is 1.83. The van der Waals surface area contributed by atoms with Crippen molar-refractivity contribution in [1.82, 2.24) is 25.5 Å². The molecule has 4 N–H and O–H groups in total. The molecule has 4 rings (SSSR count). The summed E-state index contributed by atoms with van der Waals surface area (Å²) in [6.07, 6.45) is -0.695. The van der Waals surface area contributed by atoms with Crippen LogP contribution in [0.3, 0.4) is 0 Å². The fourth-order valence-corrected chi connectivity index (χ4v) is 3.34. The second-order valence-electron chi connectivity index (χ2n) is 6.77. The van der Waals surface area contributed by atoms with E-state index in [1.807, 2.05) is 0 Å². The van der Waals surface area contributed by atoms with Crippen molar-refractivity contribution in [2.24, 2.45) is 0 Å². The molecule has 0 spiro atoms. The van der Waals surface area contributed by atoms with Crippen molar-refractivity contribution < 1.29 is 23.1 Å². The number of hydrogen-bond donors (Lipinski definition) is 4. The summed E-state index contributed by atoms with van der Waals surface area (Å²) >= 11 is 0. The molecule has 11 heteroatoms. The smallest absolute Gasteiger partial charge is 0.270 e. The van der Waals surface area contributed by atoms with Crippen LogP contribution in [0.15, 0.2) is 24.5 Å². The van der Waals surface area contributed by atoms with Crippen molar-refractivity contribution in [2.45, 2.75) is 37.7 Å². The maximum Gasteiger partial charge on any atom is 0.270 e. The number of carbonyl (C=O) groups excluding carboxylic acids is 1. The molecule has 1 aromatic carbocycles. The molecule has 1 saturated carbocycles. The fraction of sp³-hybridized carbons (Fsp3) is 0.333. The number of aromatic amines is 1. The van der Waals surface area contributed by atoms with Gasteiger partial charge in [-0.15, -0.1) is 0 Å². The molecule has 8 nitrogen and oxygen atoms in total. The quantitative estimate of drug-likeness (QED) is 0.514. The van der Waals surface area contributed by atoms with Gasteiger partial charge in [0.1, 0.15) is 41.7 Å². The van der Waals surface area contributed by atoms with E-state index in [4.69, 9.17) is 0 Å². The first-order valence-electron chi connectivity index (χ1n) is 8.94. The number of benzene rings is 1. The second kappa shape index (κ2) is 7.66. The summed E-state index contributed by atoms with van der Waals surface area (Å²) < 4.78 is 40.6. The number of nitrogens with zero attached hydrogens (tertiary/aromatic N) is 3. The SMILES string of the molecule is O=C(NCc1cc(F)ccc1F)c1[nH]nc2ncnc(N[C@@H]3CC[C@@H](F)[C@H]3O)c12. The molecule has 152 valence electrons. The van der Waals surface area contributed by atoms with Gasteiger partial charge in [-0.3, -0.25) is 9.89 Å². The zero-order valence-electron chi connectivity index (χ0n) is 15.0. The second-order valence-corrected chi connectivity index (χ2v) is 6.77. The first-order valence-corrected chi connectivity index (χ1v) is 8.94. The number of anilines is 1. The first-order chi connectivity index (χ1) is 13.9. The summed E-state index contributed by atoms with van der Waals surface area (Å²) in [4.78, 5) is 20.7. The van der Waals surface area contributed by atoms with Crippen LogP contribution in [0.1, 0.15) is 28.9 Å². The Balaban J connectivity index is 1.57. The minimum atomic E-state index is -1.34. The number of aromatic nitrogens is 4. The highest BCUT2D eigenvalue weighted by molar-refractivity contribution is 6.07. The summed E-state index contributed by atoms with van der Waals surface area (Å²) in [6, 6.07) is 2.38. The van der Waals surface area contributed by atoms with E-state index in [9.17, 15) is 23.1 Å².